The summed E-state index contributed by atoms with van der Waals surface area (Å²) in [6.45, 7) is 1.69. The Morgan fingerprint density at radius 3 is 2.79 bits per heavy atom. The van der Waals surface area contributed by atoms with Gasteiger partial charge in [0, 0.05) is 0 Å². The molecule has 2 atom stereocenters. The summed E-state index contributed by atoms with van der Waals surface area (Å²) in [5, 5.41) is -0.376. The summed E-state index contributed by atoms with van der Waals surface area (Å²) in [6, 6.07) is -0.842. The van der Waals surface area contributed by atoms with E-state index < -0.39 is 17.3 Å². The highest BCUT2D eigenvalue weighted by Gasteiger charge is 2.37. The SMILES string of the molecule is COC(=O)C1S/C(=N/C(N)=O)OC1C. The Morgan fingerprint density at radius 1 is 1.64 bits per heavy atom. The van der Waals surface area contributed by atoms with Crippen LogP contribution < -0.4 is 5.73 Å². The lowest BCUT2D eigenvalue weighted by molar-refractivity contribution is -0.141. The monoisotopic (exact) mass is 218 g/mol. The van der Waals surface area contributed by atoms with Gasteiger partial charge in [0.1, 0.15) is 11.4 Å². The summed E-state index contributed by atoms with van der Waals surface area (Å²) in [5.41, 5.74) is 4.84. The highest BCUT2D eigenvalue weighted by Crippen LogP contribution is 2.29. The van der Waals surface area contributed by atoms with Crippen molar-refractivity contribution in [3.63, 3.8) is 0 Å². The zero-order valence-corrected chi connectivity index (χ0v) is 8.54. The molecule has 1 rings (SSSR count). The molecular weight excluding hydrogens is 208 g/mol. The van der Waals surface area contributed by atoms with Crippen molar-refractivity contribution in [1.82, 2.24) is 0 Å². The Balaban J connectivity index is 2.69. The van der Waals surface area contributed by atoms with Gasteiger partial charge in [0.2, 0.25) is 0 Å². The molecule has 1 heterocycles. The third-order valence-corrected chi connectivity index (χ3v) is 2.79. The van der Waals surface area contributed by atoms with E-state index in [0.717, 1.165) is 11.8 Å². The van der Waals surface area contributed by atoms with Gasteiger partial charge in [-0.2, -0.15) is 4.99 Å². The lowest BCUT2D eigenvalue weighted by Crippen LogP contribution is -2.26. The molecule has 7 heteroatoms. The van der Waals surface area contributed by atoms with Crippen LogP contribution in [0.2, 0.25) is 0 Å². The van der Waals surface area contributed by atoms with Gasteiger partial charge in [0.05, 0.1) is 7.11 Å². The average molecular weight is 218 g/mol. The Bertz CT molecular complexity index is 291. The van der Waals surface area contributed by atoms with Gasteiger partial charge >= 0.3 is 12.0 Å². The molecule has 0 spiro atoms. The minimum absolute atomic E-state index is 0.111. The molecule has 2 unspecified atom stereocenters. The molecule has 0 saturated carbocycles. The third-order valence-electron chi connectivity index (χ3n) is 1.58. The van der Waals surface area contributed by atoms with Crippen LogP contribution in [0.25, 0.3) is 0 Å². The summed E-state index contributed by atoms with van der Waals surface area (Å²) in [6.07, 6.45) is -0.370. The van der Waals surface area contributed by atoms with Crippen molar-refractivity contribution in [2.45, 2.75) is 18.3 Å². The number of methoxy groups -OCH3 is 1. The minimum Gasteiger partial charge on any atom is -0.468 e. The first-order chi connectivity index (χ1) is 6.54. The maximum absolute atomic E-state index is 11.2. The van der Waals surface area contributed by atoms with E-state index in [0.29, 0.717) is 0 Å². The highest BCUT2D eigenvalue weighted by atomic mass is 32.2. The Hall–Kier alpha value is -1.24. The molecule has 0 aromatic heterocycles. The molecule has 78 valence electrons. The largest absolute Gasteiger partial charge is 0.468 e. The smallest absolute Gasteiger partial charge is 0.342 e. The fraction of sp³-hybridized carbons (Fsp3) is 0.571. The van der Waals surface area contributed by atoms with Crippen LogP contribution in [0.3, 0.4) is 0 Å². The molecular formula is C7H10N2O4S. The number of nitrogens with zero attached hydrogens (tertiary/aromatic N) is 1. The topological polar surface area (TPSA) is 91.0 Å². The van der Waals surface area contributed by atoms with Crippen LogP contribution in [-0.4, -0.2) is 35.7 Å². The zero-order valence-electron chi connectivity index (χ0n) is 7.72. The molecule has 1 saturated heterocycles. The molecule has 0 aromatic carbocycles. The summed E-state index contributed by atoms with van der Waals surface area (Å²) in [7, 11) is 1.29. The van der Waals surface area contributed by atoms with Gasteiger partial charge in [-0.15, -0.1) is 0 Å². The predicted molar refractivity (Wildman–Crippen MR) is 51.0 cm³/mol. The number of primary amides is 1. The molecule has 0 bridgehead atoms. The number of thioether (sulfide) groups is 1. The van der Waals surface area contributed by atoms with Crippen LogP contribution in [0.15, 0.2) is 4.99 Å². The molecule has 0 aromatic rings. The minimum atomic E-state index is -0.842. The molecule has 1 aliphatic heterocycles. The number of ether oxygens (including phenoxy) is 2. The molecule has 0 aliphatic carbocycles. The van der Waals surface area contributed by atoms with Crippen molar-refractivity contribution in [2.75, 3.05) is 7.11 Å². The van der Waals surface area contributed by atoms with Crippen LogP contribution in [0.5, 0.6) is 0 Å². The lowest BCUT2D eigenvalue weighted by Gasteiger charge is -2.08. The lowest BCUT2D eigenvalue weighted by atomic mass is 10.3. The van der Waals surface area contributed by atoms with E-state index >= 15 is 0 Å². The van der Waals surface area contributed by atoms with E-state index in [1.165, 1.54) is 7.11 Å². The van der Waals surface area contributed by atoms with Crippen LogP contribution in [0.1, 0.15) is 6.92 Å². The predicted octanol–water partition coefficient (Wildman–Crippen LogP) is 0.115. The summed E-state index contributed by atoms with van der Waals surface area (Å²) in [4.78, 5) is 25.0. The molecule has 1 aliphatic rings. The summed E-state index contributed by atoms with van der Waals surface area (Å²) < 4.78 is 9.67. The molecule has 1 fully saturated rings. The van der Waals surface area contributed by atoms with Gasteiger partial charge in [-0.25, -0.2) is 4.79 Å². The number of urea groups is 1. The number of esters is 1. The van der Waals surface area contributed by atoms with E-state index in [-0.39, 0.29) is 11.3 Å². The van der Waals surface area contributed by atoms with E-state index in [4.69, 9.17) is 10.5 Å². The number of hydrogen-bond donors (Lipinski definition) is 1. The Kier molecular flexibility index (Phi) is 3.34. The number of hydrogen-bond acceptors (Lipinski definition) is 5. The maximum atomic E-state index is 11.2. The first kappa shape index (κ1) is 10.8. The van der Waals surface area contributed by atoms with Crippen LogP contribution in [-0.2, 0) is 14.3 Å². The van der Waals surface area contributed by atoms with Crippen LogP contribution in [0.4, 0.5) is 4.79 Å². The number of carbonyl (C=O) groups is 2. The maximum Gasteiger partial charge on any atom is 0.342 e. The van der Waals surface area contributed by atoms with Gasteiger partial charge in [-0.3, -0.25) is 4.79 Å². The number of aliphatic imine (C=N–C) groups is 1. The quantitative estimate of drug-likeness (QED) is 0.631. The van der Waals surface area contributed by atoms with Gasteiger partial charge < -0.3 is 15.2 Å². The molecule has 0 radical (unpaired) electrons. The second-order valence-electron chi connectivity index (χ2n) is 2.60. The normalized spacial score (nSPS) is 28.6. The van der Waals surface area contributed by atoms with Gasteiger partial charge in [0.15, 0.2) is 0 Å². The fourth-order valence-electron chi connectivity index (χ4n) is 0.952. The van der Waals surface area contributed by atoms with Crippen molar-refractivity contribution in [3.8, 4) is 0 Å². The first-order valence-corrected chi connectivity index (χ1v) is 4.72. The van der Waals surface area contributed by atoms with Crippen LogP contribution >= 0.6 is 11.8 Å². The Morgan fingerprint density at radius 2 is 2.29 bits per heavy atom. The van der Waals surface area contributed by atoms with Crippen molar-refractivity contribution >= 4 is 29.0 Å². The molecule has 2 N–H and O–H groups in total. The second kappa shape index (κ2) is 4.32. The van der Waals surface area contributed by atoms with E-state index in [9.17, 15) is 9.59 Å². The van der Waals surface area contributed by atoms with Gasteiger partial charge in [-0.05, 0) is 18.7 Å². The average Bonchev–Trinajstić information content (AvgIpc) is 2.44. The number of amides is 2. The van der Waals surface area contributed by atoms with E-state index in [2.05, 4.69) is 9.73 Å². The fourth-order valence-corrected chi connectivity index (χ4v) is 1.96. The standard InChI is InChI=1S/C7H10N2O4S/c1-3-4(5(10)12-2)14-7(13-3)9-6(8)11/h3-4H,1-2H3,(H2,8,11)/b9-7+. The summed E-state index contributed by atoms with van der Waals surface area (Å²) in [5.74, 6) is -0.405. The van der Waals surface area contributed by atoms with E-state index in [1.54, 1.807) is 6.92 Å². The van der Waals surface area contributed by atoms with Gasteiger partial charge in [0.25, 0.3) is 5.23 Å². The number of nitrogens with two attached hydrogens (primary N) is 1. The first-order valence-electron chi connectivity index (χ1n) is 3.84. The van der Waals surface area contributed by atoms with Crippen LogP contribution in [0, 0.1) is 0 Å². The van der Waals surface area contributed by atoms with Gasteiger partial charge in [-0.1, -0.05) is 0 Å². The van der Waals surface area contributed by atoms with Crippen molar-refractivity contribution in [3.05, 3.63) is 0 Å². The number of rotatable bonds is 1. The summed E-state index contributed by atoms with van der Waals surface area (Å²) >= 11 is 1.03. The van der Waals surface area contributed by atoms with Crippen molar-refractivity contribution in [2.24, 2.45) is 10.7 Å². The number of carbonyl (C=O) groups excluding carboxylic acids is 2. The Labute approximate surface area is 84.8 Å². The third kappa shape index (κ3) is 2.38. The van der Waals surface area contributed by atoms with E-state index in [1.807, 2.05) is 0 Å². The van der Waals surface area contributed by atoms with Crippen molar-refractivity contribution in [1.29, 1.82) is 0 Å². The molecule has 2 amide bonds. The zero-order chi connectivity index (χ0) is 10.7. The highest BCUT2D eigenvalue weighted by molar-refractivity contribution is 8.15. The second-order valence-corrected chi connectivity index (χ2v) is 3.69. The molecule has 14 heavy (non-hydrogen) atoms. The van der Waals surface area contributed by atoms with Crippen molar-refractivity contribution < 1.29 is 19.1 Å². The molecule has 6 nitrogen and oxygen atoms in total.